The van der Waals surface area contributed by atoms with E-state index in [4.69, 9.17) is 4.74 Å². The van der Waals surface area contributed by atoms with Crippen molar-refractivity contribution in [2.24, 2.45) is 7.05 Å². The number of benzene rings is 2. The Morgan fingerprint density at radius 2 is 1.96 bits per heavy atom. The fraction of sp³-hybridized carbons (Fsp3) is 0.238. The predicted molar refractivity (Wildman–Crippen MR) is 109 cm³/mol. The van der Waals surface area contributed by atoms with E-state index in [1.54, 1.807) is 6.07 Å². The molecule has 0 saturated heterocycles. The molecule has 0 spiro atoms. The van der Waals surface area contributed by atoms with E-state index in [0.717, 1.165) is 32.7 Å². The minimum absolute atomic E-state index is 0.111. The van der Waals surface area contributed by atoms with Gasteiger partial charge in [0.25, 0.3) is 5.91 Å². The summed E-state index contributed by atoms with van der Waals surface area (Å²) in [5.74, 6) is 0.662. The zero-order chi connectivity index (χ0) is 19.4. The van der Waals surface area contributed by atoms with Crippen molar-refractivity contribution in [3.63, 3.8) is 0 Å². The lowest BCUT2D eigenvalue weighted by molar-refractivity contribution is 0.0950. The fourth-order valence-electron chi connectivity index (χ4n) is 2.87. The average molecular weight is 428 g/mol. The van der Waals surface area contributed by atoms with Crippen LogP contribution in [-0.4, -0.2) is 15.7 Å². The summed E-state index contributed by atoms with van der Waals surface area (Å²) < 4.78 is 8.57. The van der Waals surface area contributed by atoms with E-state index in [-0.39, 0.29) is 5.91 Å². The second-order valence-electron chi connectivity index (χ2n) is 6.38. The highest BCUT2D eigenvalue weighted by Crippen LogP contribution is 2.24. The van der Waals surface area contributed by atoms with Gasteiger partial charge in [-0.05, 0) is 59.6 Å². The standard InChI is InChI=1S/C21H22BrN3O2/c1-14-18(15(2)25(3)24-14)12-23-21(26)17-8-6-7-16(11-17)13-27-20-10-5-4-9-19(20)22/h4-11H,12-13H2,1-3H3,(H,23,26). The van der Waals surface area contributed by atoms with Crippen molar-refractivity contribution in [3.8, 4) is 5.75 Å². The maximum atomic E-state index is 12.5. The number of ether oxygens (including phenoxy) is 1. The van der Waals surface area contributed by atoms with Crippen LogP contribution in [-0.2, 0) is 20.2 Å². The van der Waals surface area contributed by atoms with E-state index in [1.165, 1.54) is 0 Å². The predicted octanol–water partition coefficient (Wildman–Crippen LogP) is 4.31. The van der Waals surface area contributed by atoms with Gasteiger partial charge in [-0.25, -0.2) is 0 Å². The number of rotatable bonds is 6. The Morgan fingerprint density at radius 3 is 2.67 bits per heavy atom. The van der Waals surface area contributed by atoms with Crippen molar-refractivity contribution in [3.05, 3.63) is 81.1 Å². The summed E-state index contributed by atoms with van der Waals surface area (Å²) in [5.41, 5.74) is 4.60. The molecule has 0 aliphatic carbocycles. The third kappa shape index (κ3) is 4.57. The molecule has 140 valence electrons. The summed E-state index contributed by atoms with van der Waals surface area (Å²) in [7, 11) is 1.90. The molecule has 0 radical (unpaired) electrons. The van der Waals surface area contributed by atoms with Crippen molar-refractivity contribution in [2.45, 2.75) is 27.0 Å². The topological polar surface area (TPSA) is 56.2 Å². The van der Waals surface area contributed by atoms with Crippen molar-refractivity contribution >= 4 is 21.8 Å². The maximum Gasteiger partial charge on any atom is 0.251 e. The lowest BCUT2D eigenvalue weighted by atomic mass is 10.1. The highest BCUT2D eigenvalue weighted by Gasteiger charge is 2.12. The van der Waals surface area contributed by atoms with Crippen molar-refractivity contribution in [1.29, 1.82) is 0 Å². The van der Waals surface area contributed by atoms with Gasteiger partial charge in [-0.1, -0.05) is 24.3 Å². The number of carbonyl (C=O) groups excluding carboxylic acids is 1. The lowest BCUT2D eigenvalue weighted by Gasteiger charge is -2.10. The van der Waals surface area contributed by atoms with Gasteiger partial charge in [0.1, 0.15) is 12.4 Å². The SMILES string of the molecule is Cc1nn(C)c(C)c1CNC(=O)c1cccc(COc2ccccc2Br)c1. The van der Waals surface area contributed by atoms with E-state index in [9.17, 15) is 4.79 Å². The molecule has 1 heterocycles. The second-order valence-corrected chi connectivity index (χ2v) is 7.23. The second kappa shape index (κ2) is 8.39. The van der Waals surface area contributed by atoms with Crippen molar-refractivity contribution in [2.75, 3.05) is 0 Å². The highest BCUT2D eigenvalue weighted by atomic mass is 79.9. The number of amides is 1. The number of hydrogen-bond acceptors (Lipinski definition) is 3. The van der Waals surface area contributed by atoms with E-state index in [1.807, 2.05) is 68.0 Å². The first kappa shape index (κ1) is 19.2. The molecular weight excluding hydrogens is 406 g/mol. The number of nitrogens with zero attached hydrogens (tertiary/aromatic N) is 2. The molecule has 0 aliphatic heterocycles. The van der Waals surface area contributed by atoms with Gasteiger partial charge in [0.05, 0.1) is 10.2 Å². The Kier molecular flexibility index (Phi) is 5.96. The quantitative estimate of drug-likeness (QED) is 0.637. The summed E-state index contributed by atoms with van der Waals surface area (Å²) in [6.07, 6.45) is 0. The van der Waals surface area contributed by atoms with Crippen LogP contribution in [0.15, 0.2) is 53.0 Å². The zero-order valence-electron chi connectivity index (χ0n) is 15.6. The highest BCUT2D eigenvalue weighted by molar-refractivity contribution is 9.10. The van der Waals surface area contributed by atoms with Gasteiger partial charge < -0.3 is 10.1 Å². The number of aryl methyl sites for hydroxylation is 2. The van der Waals surface area contributed by atoms with Gasteiger partial charge in [-0.15, -0.1) is 0 Å². The lowest BCUT2D eigenvalue weighted by Crippen LogP contribution is -2.23. The molecule has 6 heteroatoms. The number of hydrogen-bond donors (Lipinski definition) is 1. The van der Waals surface area contributed by atoms with Crippen LogP contribution in [0.4, 0.5) is 0 Å². The molecule has 2 aromatic carbocycles. The van der Waals surface area contributed by atoms with Crippen LogP contribution in [0.1, 0.15) is 32.9 Å². The Balaban J connectivity index is 1.64. The van der Waals surface area contributed by atoms with Crippen LogP contribution < -0.4 is 10.1 Å². The molecule has 3 rings (SSSR count). The first-order valence-electron chi connectivity index (χ1n) is 8.69. The van der Waals surface area contributed by atoms with Crippen LogP contribution in [0, 0.1) is 13.8 Å². The largest absolute Gasteiger partial charge is 0.488 e. The molecule has 0 aliphatic rings. The summed E-state index contributed by atoms with van der Waals surface area (Å²) in [6, 6.07) is 15.2. The average Bonchev–Trinajstić information content (AvgIpc) is 2.91. The monoisotopic (exact) mass is 427 g/mol. The minimum atomic E-state index is -0.111. The molecule has 0 unspecified atom stereocenters. The molecule has 1 N–H and O–H groups in total. The Morgan fingerprint density at radius 1 is 1.19 bits per heavy atom. The molecule has 27 heavy (non-hydrogen) atoms. The number of nitrogens with one attached hydrogen (secondary N) is 1. The van der Waals surface area contributed by atoms with Crippen LogP contribution >= 0.6 is 15.9 Å². The minimum Gasteiger partial charge on any atom is -0.488 e. The summed E-state index contributed by atoms with van der Waals surface area (Å²) in [5, 5.41) is 7.36. The number of aromatic nitrogens is 2. The Bertz CT molecular complexity index is 966. The molecule has 0 bridgehead atoms. The normalized spacial score (nSPS) is 10.7. The molecule has 0 saturated carbocycles. The van der Waals surface area contributed by atoms with E-state index in [0.29, 0.717) is 18.7 Å². The smallest absolute Gasteiger partial charge is 0.251 e. The Hall–Kier alpha value is -2.60. The molecule has 3 aromatic rings. The van der Waals surface area contributed by atoms with Gasteiger partial charge in [0.15, 0.2) is 0 Å². The number of halogens is 1. The molecule has 0 fully saturated rings. The summed E-state index contributed by atoms with van der Waals surface area (Å²) in [4.78, 5) is 12.5. The Labute approximate surface area is 167 Å². The van der Waals surface area contributed by atoms with E-state index >= 15 is 0 Å². The van der Waals surface area contributed by atoms with Gasteiger partial charge in [0.2, 0.25) is 0 Å². The van der Waals surface area contributed by atoms with Crippen molar-refractivity contribution < 1.29 is 9.53 Å². The van der Waals surface area contributed by atoms with Gasteiger partial charge in [0, 0.05) is 30.4 Å². The van der Waals surface area contributed by atoms with Gasteiger partial charge in [-0.3, -0.25) is 9.48 Å². The third-order valence-electron chi connectivity index (χ3n) is 4.50. The molecular formula is C21H22BrN3O2. The summed E-state index contributed by atoms with van der Waals surface area (Å²) >= 11 is 3.47. The summed E-state index contributed by atoms with van der Waals surface area (Å²) in [6.45, 7) is 4.81. The number of carbonyl (C=O) groups is 1. The molecule has 1 aromatic heterocycles. The molecule has 0 atom stereocenters. The molecule has 1 amide bonds. The maximum absolute atomic E-state index is 12.5. The van der Waals surface area contributed by atoms with E-state index in [2.05, 4.69) is 26.3 Å². The van der Waals surface area contributed by atoms with Crippen LogP contribution in [0.2, 0.25) is 0 Å². The first-order chi connectivity index (χ1) is 13.0. The van der Waals surface area contributed by atoms with Crippen molar-refractivity contribution in [1.82, 2.24) is 15.1 Å². The number of para-hydroxylation sites is 1. The van der Waals surface area contributed by atoms with Gasteiger partial charge in [-0.2, -0.15) is 5.10 Å². The van der Waals surface area contributed by atoms with E-state index < -0.39 is 0 Å². The fourth-order valence-corrected chi connectivity index (χ4v) is 3.27. The van der Waals surface area contributed by atoms with Crippen LogP contribution in [0.5, 0.6) is 5.75 Å². The van der Waals surface area contributed by atoms with Crippen LogP contribution in [0.25, 0.3) is 0 Å². The van der Waals surface area contributed by atoms with Crippen LogP contribution in [0.3, 0.4) is 0 Å². The molecule has 5 nitrogen and oxygen atoms in total. The third-order valence-corrected chi connectivity index (χ3v) is 5.16. The first-order valence-corrected chi connectivity index (χ1v) is 9.48. The van der Waals surface area contributed by atoms with Gasteiger partial charge >= 0.3 is 0 Å². The zero-order valence-corrected chi connectivity index (χ0v) is 17.2.